The molecule has 0 radical (unpaired) electrons. The van der Waals surface area contributed by atoms with Gasteiger partial charge in [0.15, 0.2) is 0 Å². The van der Waals surface area contributed by atoms with Gasteiger partial charge in [-0.2, -0.15) is 0 Å². The van der Waals surface area contributed by atoms with E-state index in [9.17, 15) is 0 Å². The van der Waals surface area contributed by atoms with Gasteiger partial charge in [-0.3, -0.25) is 0 Å². The Hall–Kier alpha value is -0.520. The number of likely N-dealkylation sites (N-methyl/N-ethyl adjacent to an activating group) is 1. The maximum atomic E-state index is 5.57. The normalized spacial score (nSPS) is 21.0. The first-order valence-electron chi connectivity index (χ1n) is 5.54. The molecule has 2 heterocycles. The molecule has 1 atom stereocenters. The van der Waals surface area contributed by atoms with E-state index in [1.165, 1.54) is 0 Å². The quantitative estimate of drug-likeness (QED) is 0.775. The summed E-state index contributed by atoms with van der Waals surface area (Å²) in [6.45, 7) is 4.98. The summed E-state index contributed by atoms with van der Waals surface area (Å²) in [5, 5.41) is 13.8. The van der Waals surface area contributed by atoms with Crippen molar-refractivity contribution in [1.29, 1.82) is 0 Å². The SMILES string of the molecule is CCNCCc1nnc(C2CCCO2)s1. The van der Waals surface area contributed by atoms with Crippen molar-refractivity contribution in [3.8, 4) is 0 Å². The highest BCUT2D eigenvalue weighted by molar-refractivity contribution is 7.11. The zero-order chi connectivity index (χ0) is 10.5. The molecule has 1 N–H and O–H groups in total. The number of rotatable bonds is 5. The zero-order valence-electron chi connectivity index (χ0n) is 9.03. The summed E-state index contributed by atoms with van der Waals surface area (Å²) in [5.74, 6) is 0. The summed E-state index contributed by atoms with van der Waals surface area (Å²) >= 11 is 1.69. The minimum absolute atomic E-state index is 0.218. The van der Waals surface area contributed by atoms with Crippen LogP contribution in [0.5, 0.6) is 0 Å². The minimum atomic E-state index is 0.218. The van der Waals surface area contributed by atoms with Crippen molar-refractivity contribution in [2.75, 3.05) is 19.7 Å². The van der Waals surface area contributed by atoms with Gasteiger partial charge in [-0.15, -0.1) is 10.2 Å². The van der Waals surface area contributed by atoms with Gasteiger partial charge in [0.2, 0.25) is 0 Å². The lowest BCUT2D eigenvalue weighted by atomic mass is 10.2. The fourth-order valence-electron chi connectivity index (χ4n) is 1.64. The van der Waals surface area contributed by atoms with E-state index in [1.807, 2.05) is 0 Å². The molecular formula is C10H17N3OS. The fourth-order valence-corrected chi connectivity index (χ4v) is 2.57. The Morgan fingerprint density at radius 1 is 1.53 bits per heavy atom. The molecule has 1 aliphatic heterocycles. The first kappa shape index (κ1) is 11.0. The van der Waals surface area contributed by atoms with Crippen molar-refractivity contribution in [3.05, 3.63) is 10.0 Å². The molecule has 1 unspecified atom stereocenters. The zero-order valence-corrected chi connectivity index (χ0v) is 9.85. The molecule has 0 saturated carbocycles. The minimum Gasteiger partial charge on any atom is -0.371 e. The molecule has 0 spiro atoms. The second-order valence-electron chi connectivity index (χ2n) is 3.64. The van der Waals surface area contributed by atoms with Gasteiger partial charge in [0.25, 0.3) is 0 Å². The molecule has 84 valence electrons. The summed E-state index contributed by atoms with van der Waals surface area (Å²) in [5.41, 5.74) is 0. The van der Waals surface area contributed by atoms with E-state index >= 15 is 0 Å². The van der Waals surface area contributed by atoms with Crippen LogP contribution in [-0.4, -0.2) is 29.9 Å². The van der Waals surface area contributed by atoms with Crippen molar-refractivity contribution in [2.24, 2.45) is 0 Å². The third kappa shape index (κ3) is 2.96. The van der Waals surface area contributed by atoms with Crippen molar-refractivity contribution in [3.63, 3.8) is 0 Å². The van der Waals surface area contributed by atoms with Crippen LogP contribution in [0, 0.1) is 0 Å². The average Bonchev–Trinajstić information content (AvgIpc) is 2.87. The van der Waals surface area contributed by atoms with E-state index in [0.717, 1.165) is 49.0 Å². The van der Waals surface area contributed by atoms with Crippen LogP contribution < -0.4 is 5.32 Å². The van der Waals surface area contributed by atoms with Gasteiger partial charge in [-0.1, -0.05) is 18.3 Å². The Bertz CT molecular complexity index is 297. The van der Waals surface area contributed by atoms with Crippen LogP contribution in [0.1, 0.15) is 35.9 Å². The van der Waals surface area contributed by atoms with E-state index in [-0.39, 0.29) is 6.10 Å². The Kier molecular flexibility index (Phi) is 4.05. The summed E-state index contributed by atoms with van der Waals surface area (Å²) in [4.78, 5) is 0. The Morgan fingerprint density at radius 3 is 3.20 bits per heavy atom. The molecule has 15 heavy (non-hydrogen) atoms. The second-order valence-corrected chi connectivity index (χ2v) is 4.73. The molecule has 1 fully saturated rings. The molecule has 0 aromatic carbocycles. The van der Waals surface area contributed by atoms with E-state index in [0.29, 0.717) is 0 Å². The van der Waals surface area contributed by atoms with Gasteiger partial charge >= 0.3 is 0 Å². The van der Waals surface area contributed by atoms with E-state index < -0.39 is 0 Å². The van der Waals surface area contributed by atoms with Crippen LogP contribution in [0.4, 0.5) is 0 Å². The van der Waals surface area contributed by atoms with Crippen LogP contribution in [0.15, 0.2) is 0 Å². The Balaban J connectivity index is 1.86. The molecular weight excluding hydrogens is 210 g/mol. The molecule has 0 aliphatic carbocycles. The Morgan fingerprint density at radius 2 is 2.47 bits per heavy atom. The lowest BCUT2D eigenvalue weighted by molar-refractivity contribution is 0.111. The predicted molar refractivity (Wildman–Crippen MR) is 60.1 cm³/mol. The van der Waals surface area contributed by atoms with E-state index in [4.69, 9.17) is 4.74 Å². The topological polar surface area (TPSA) is 47.0 Å². The summed E-state index contributed by atoms with van der Waals surface area (Å²) < 4.78 is 5.57. The molecule has 1 saturated heterocycles. The van der Waals surface area contributed by atoms with Gasteiger partial charge in [0, 0.05) is 19.6 Å². The first-order chi connectivity index (χ1) is 7.40. The molecule has 1 aliphatic rings. The average molecular weight is 227 g/mol. The summed E-state index contributed by atoms with van der Waals surface area (Å²) in [6, 6.07) is 0. The molecule has 2 rings (SSSR count). The van der Waals surface area contributed by atoms with Crippen molar-refractivity contribution in [1.82, 2.24) is 15.5 Å². The summed E-state index contributed by atoms with van der Waals surface area (Å²) in [6.07, 6.45) is 3.44. The van der Waals surface area contributed by atoms with Crippen LogP contribution in [0.2, 0.25) is 0 Å². The fraction of sp³-hybridized carbons (Fsp3) is 0.800. The lowest BCUT2D eigenvalue weighted by Crippen LogP contribution is -2.15. The monoisotopic (exact) mass is 227 g/mol. The van der Waals surface area contributed by atoms with Crippen LogP contribution in [0.25, 0.3) is 0 Å². The highest BCUT2D eigenvalue weighted by atomic mass is 32.1. The highest BCUT2D eigenvalue weighted by Gasteiger charge is 2.21. The predicted octanol–water partition coefficient (Wildman–Crippen LogP) is 1.54. The van der Waals surface area contributed by atoms with Crippen LogP contribution in [-0.2, 0) is 11.2 Å². The van der Waals surface area contributed by atoms with Gasteiger partial charge in [0.1, 0.15) is 16.1 Å². The first-order valence-corrected chi connectivity index (χ1v) is 6.36. The molecule has 0 bridgehead atoms. The van der Waals surface area contributed by atoms with Crippen molar-refractivity contribution < 1.29 is 4.74 Å². The molecule has 5 heteroatoms. The van der Waals surface area contributed by atoms with Crippen molar-refractivity contribution in [2.45, 2.75) is 32.3 Å². The Labute approximate surface area is 94.1 Å². The van der Waals surface area contributed by atoms with E-state index in [2.05, 4.69) is 22.4 Å². The largest absolute Gasteiger partial charge is 0.371 e. The van der Waals surface area contributed by atoms with Gasteiger partial charge in [-0.25, -0.2) is 0 Å². The number of hydrogen-bond acceptors (Lipinski definition) is 5. The molecule has 0 amide bonds. The maximum Gasteiger partial charge on any atom is 0.146 e. The standard InChI is InChI=1S/C10H17N3OS/c1-2-11-6-5-9-12-13-10(15-9)8-4-3-7-14-8/h8,11H,2-7H2,1H3. The smallest absolute Gasteiger partial charge is 0.146 e. The van der Waals surface area contributed by atoms with Gasteiger partial charge in [0.05, 0.1) is 0 Å². The van der Waals surface area contributed by atoms with Gasteiger partial charge in [-0.05, 0) is 19.4 Å². The maximum absolute atomic E-state index is 5.57. The number of ether oxygens (including phenoxy) is 1. The second kappa shape index (κ2) is 5.53. The number of nitrogens with zero attached hydrogens (tertiary/aromatic N) is 2. The van der Waals surface area contributed by atoms with Crippen molar-refractivity contribution >= 4 is 11.3 Å². The number of hydrogen-bond donors (Lipinski definition) is 1. The highest BCUT2D eigenvalue weighted by Crippen LogP contribution is 2.30. The third-order valence-electron chi connectivity index (χ3n) is 2.45. The molecule has 1 aromatic rings. The molecule has 4 nitrogen and oxygen atoms in total. The lowest BCUT2D eigenvalue weighted by Gasteiger charge is -2.02. The number of aromatic nitrogens is 2. The summed E-state index contributed by atoms with van der Waals surface area (Å²) in [7, 11) is 0. The number of nitrogens with one attached hydrogen (secondary N) is 1. The third-order valence-corrected chi connectivity index (χ3v) is 3.53. The van der Waals surface area contributed by atoms with Gasteiger partial charge < -0.3 is 10.1 Å². The van der Waals surface area contributed by atoms with Crippen LogP contribution >= 0.6 is 11.3 Å². The molecule has 1 aromatic heterocycles. The van der Waals surface area contributed by atoms with Crippen LogP contribution in [0.3, 0.4) is 0 Å². The van der Waals surface area contributed by atoms with E-state index in [1.54, 1.807) is 11.3 Å².